The number of aliphatic hydroxyl groups excluding tert-OH is 1. The number of nitrogens with one attached hydrogen (secondary N) is 2. The molecular weight excluding hydrogens is 312 g/mol. The van der Waals surface area contributed by atoms with Crippen LogP contribution in [0.2, 0.25) is 0 Å². The minimum atomic E-state index is -0.397. The van der Waals surface area contributed by atoms with Gasteiger partial charge in [-0.25, -0.2) is 4.79 Å². The first-order valence-corrected chi connectivity index (χ1v) is 8.29. The summed E-state index contributed by atoms with van der Waals surface area (Å²) in [4.78, 5) is 11.9. The third kappa shape index (κ3) is 5.61. The smallest absolute Gasteiger partial charge is 0.321 e. The first-order valence-electron chi connectivity index (χ1n) is 7.47. The second-order valence-corrected chi connectivity index (χ2v) is 7.28. The summed E-state index contributed by atoms with van der Waals surface area (Å²) in [6, 6.07) is 9.37. The van der Waals surface area contributed by atoms with Crippen LogP contribution in [-0.2, 0) is 0 Å². The van der Waals surface area contributed by atoms with Gasteiger partial charge in [-0.05, 0) is 18.8 Å². The highest BCUT2D eigenvalue weighted by molar-refractivity contribution is 7.18. The molecule has 0 aliphatic rings. The second kappa shape index (κ2) is 7.52. The van der Waals surface area contributed by atoms with E-state index < -0.39 is 6.10 Å². The van der Waals surface area contributed by atoms with Crippen LogP contribution < -0.4 is 10.6 Å². The number of anilines is 1. The minimum absolute atomic E-state index is 0.179. The number of rotatable bonds is 6. The van der Waals surface area contributed by atoms with Crippen molar-refractivity contribution in [2.45, 2.75) is 33.3 Å². The van der Waals surface area contributed by atoms with E-state index in [-0.39, 0.29) is 11.4 Å². The van der Waals surface area contributed by atoms with Crippen LogP contribution in [0.1, 0.15) is 27.2 Å². The van der Waals surface area contributed by atoms with E-state index in [4.69, 9.17) is 0 Å². The lowest BCUT2D eigenvalue weighted by Gasteiger charge is -2.26. The topological polar surface area (TPSA) is 87.1 Å². The van der Waals surface area contributed by atoms with Crippen LogP contribution in [0.5, 0.6) is 0 Å². The van der Waals surface area contributed by atoms with Gasteiger partial charge in [0.15, 0.2) is 0 Å². The Morgan fingerprint density at radius 2 is 2.00 bits per heavy atom. The summed E-state index contributed by atoms with van der Waals surface area (Å²) >= 11 is 1.32. The van der Waals surface area contributed by atoms with Crippen LogP contribution in [0.25, 0.3) is 10.6 Å². The number of nitrogens with zero attached hydrogens (tertiary/aromatic N) is 2. The molecule has 0 spiro atoms. The van der Waals surface area contributed by atoms with Gasteiger partial charge in [-0.1, -0.05) is 55.5 Å². The van der Waals surface area contributed by atoms with E-state index in [1.807, 2.05) is 44.2 Å². The van der Waals surface area contributed by atoms with Crippen LogP contribution in [-0.4, -0.2) is 34.0 Å². The van der Waals surface area contributed by atoms with Gasteiger partial charge < -0.3 is 10.4 Å². The lowest BCUT2D eigenvalue weighted by atomic mass is 9.87. The molecule has 3 N–H and O–H groups in total. The molecule has 2 amide bonds. The summed E-state index contributed by atoms with van der Waals surface area (Å²) in [6.45, 7) is 6.21. The Labute approximate surface area is 140 Å². The molecule has 6 nitrogen and oxygen atoms in total. The standard InChI is InChI=1S/C16H22N4O2S/c1-11(21)9-16(2,3)10-17-14(22)18-15-20-19-13(23-15)12-7-5-4-6-8-12/h4-8,11,21H,9-10H2,1-3H3,(H2,17,18,20,22). The number of urea groups is 1. The molecular formula is C16H22N4O2S. The van der Waals surface area contributed by atoms with Crippen LogP contribution in [0.4, 0.5) is 9.93 Å². The summed E-state index contributed by atoms with van der Waals surface area (Å²) < 4.78 is 0. The van der Waals surface area contributed by atoms with Gasteiger partial charge in [0.05, 0.1) is 6.10 Å². The van der Waals surface area contributed by atoms with Gasteiger partial charge in [0, 0.05) is 12.1 Å². The van der Waals surface area contributed by atoms with Gasteiger partial charge in [-0.3, -0.25) is 5.32 Å². The predicted octanol–water partition coefficient (Wildman–Crippen LogP) is 3.12. The number of amides is 2. The van der Waals surface area contributed by atoms with Crippen LogP contribution >= 0.6 is 11.3 Å². The third-order valence-corrected chi connectivity index (χ3v) is 4.13. The lowest BCUT2D eigenvalue weighted by Crippen LogP contribution is -2.38. The Bertz CT molecular complexity index is 641. The Morgan fingerprint density at radius 3 is 2.65 bits per heavy atom. The highest BCUT2D eigenvalue weighted by Gasteiger charge is 2.21. The van der Waals surface area contributed by atoms with Crippen molar-refractivity contribution in [3.63, 3.8) is 0 Å². The van der Waals surface area contributed by atoms with Gasteiger partial charge in [0.25, 0.3) is 0 Å². The molecule has 2 rings (SSSR count). The molecule has 0 bridgehead atoms. The molecule has 0 saturated carbocycles. The predicted molar refractivity (Wildman–Crippen MR) is 92.4 cm³/mol. The fourth-order valence-electron chi connectivity index (χ4n) is 2.30. The molecule has 1 heterocycles. The quantitative estimate of drug-likeness (QED) is 0.757. The molecule has 1 aromatic heterocycles. The molecule has 0 aliphatic heterocycles. The van der Waals surface area contributed by atoms with Crippen LogP contribution in [0.15, 0.2) is 30.3 Å². The van der Waals surface area contributed by atoms with Crippen molar-refractivity contribution in [2.24, 2.45) is 5.41 Å². The number of hydrogen-bond donors (Lipinski definition) is 3. The zero-order valence-corrected chi connectivity index (χ0v) is 14.4. The molecule has 1 aromatic carbocycles. The van der Waals surface area contributed by atoms with Crippen molar-refractivity contribution in [3.8, 4) is 10.6 Å². The SMILES string of the molecule is CC(O)CC(C)(C)CNC(=O)Nc1nnc(-c2ccccc2)s1. The number of aliphatic hydroxyl groups is 1. The Morgan fingerprint density at radius 1 is 1.30 bits per heavy atom. The maximum atomic E-state index is 11.9. The first kappa shape index (κ1) is 17.4. The van der Waals surface area contributed by atoms with Crippen molar-refractivity contribution >= 4 is 22.5 Å². The second-order valence-electron chi connectivity index (χ2n) is 6.30. The molecule has 0 saturated heterocycles. The molecule has 2 aromatic rings. The van der Waals surface area contributed by atoms with Crippen molar-refractivity contribution < 1.29 is 9.90 Å². The molecule has 0 aliphatic carbocycles. The molecule has 0 radical (unpaired) electrons. The Kier molecular flexibility index (Phi) is 5.68. The number of carbonyl (C=O) groups excluding carboxylic acids is 1. The molecule has 23 heavy (non-hydrogen) atoms. The van der Waals surface area contributed by atoms with E-state index in [1.54, 1.807) is 6.92 Å². The van der Waals surface area contributed by atoms with Crippen molar-refractivity contribution in [3.05, 3.63) is 30.3 Å². The first-order chi connectivity index (χ1) is 10.9. The maximum absolute atomic E-state index is 11.9. The molecule has 1 atom stereocenters. The zero-order valence-electron chi connectivity index (χ0n) is 13.5. The monoisotopic (exact) mass is 334 g/mol. The normalized spacial score (nSPS) is 12.7. The average molecular weight is 334 g/mol. The van der Waals surface area contributed by atoms with E-state index in [9.17, 15) is 9.90 Å². The van der Waals surface area contributed by atoms with Gasteiger partial charge >= 0.3 is 6.03 Å². The maximum Gasteiger partial charge on any atom is 0.321 e. The highest BCUT2D eigenvalue weighted by Crippen LogP contribution is 2.26. The van der Waals surface area contributed by atoms with E-state index in [0.717, 1.165) is 10.6 Å². The number of benzene rings is 1. The average Bonchev–Trinajstić information content (AvgIpc) is 2.93. The van der Waals surface area contributed by atoms with Crippen LogP contribution in [0, 0.1) is 5.41 Å². The van der Waals surface area contributed by atoms with Crippen molar-refractivity contribution in [2.75, 3.05) is 11.9 Å². The molecule has 124 valence electrons. The highest BCUT2D eigenvalue weighted by atomic mass is 32.1. The minimum Gasteiger partial charge on any atom is -0.393 e. The van der Waals surface area contributed by atoms with E-state index in [0.29, 0.717) is 18.1 Å². The fourth-order valence-corrected chi connectivity index (χ4v) is 3.05. The van der Waals surface area contributed by atoms with Crippen LogP contribution in [0.3, 0.4) is 0 Å². The van der Waals surface area contributed by atoms with Gasteiger partial charge in [0.2, 0.25) is 5.13 Å². The van der Waals surface area contributed by atoms with E-state index >= 15 is 0 Å². The Hall–Kier alpha value is -1.99. The van der Waals surface area contributed by atoms with Crippen molar-refractivity contribution in [1.82, 2.24) is 15.5 Å². The molecule has 0 fully saturated rings. The molecule has 7 heteroatoms. The molecule has 1 unspecified atom stereocenters. The Balaban J connectivity index is 1.88. The summed E-state index contributed by atoms with van der Waals surface area (Å²) in [5, 5.41) is 24.2. The van der Waals surface area contributed by atoms with E-state index in [1.165, 1.54) is 11.3 Å². The number of carbonyl (C=O) groups is 1. The lowest BCUT2D eigenvalue weighted by molar-refractivity contribution is 0.129. The van der Waals surface area contributed by atoms with Crippen molar-refractivity contribution in [1.29, 1.82) is 0 Å². The zero-order chi connectivity index (χ0) is 16.9. The summed E-state index contributed by atoms with van der Waals surface area (Å²) in [7, 11) is 0. The van der Waals surface area contributed by atoms with Gasteiger partial charge in [0.1, 0.15) is 5.01 Å². The largest absolute Gasteiger partial charge is 0.393 e. The van der Waals surface area contributed by atoms with Gasteiger partial charge in [-0.15, -0.1) is 10.2 Å². The summed E-state index contributed by atoms with van der Waals surface area (Å²) in [5.74, 6) is 0. The summed E-state index contributed by atoms with van der Waals surface area (Å²) in [6.07, 6.45) is 0.219. The summed E-state index contributed by atoms with van der Waals surface area (Å²) in [5.41, 5.74) is 0.790. The number of aromatic nitrogens is 2. The van der Waals surface area contributed by atoms with Gasteiger partial charge in [-0.2, -0.15) is 0 Å². The third-order valence-electron chi connectivity index (χ3n) is 3.24. The van der Waals surface area contributed by atoms with E-state index in [2.05, 4.69) is 20.8 Å². The fraction of sp³-hybridized carbons (Fsp3) is 0.438. The number of hydrogen-bond acceptors (Lipinski definition) is 5.